The minimum atomic E-state index is -4.91. The van der Waals surface area contributed by atoms with Crippen LogP contribution in [-0.2, 0) is 0 Å². The lowest BCUT2D eigenvalue weighted by Crippen LogP contribution is -2.36. The van der Waals surface area contributed by atoms with Crippen molar-refractivity contribution < 1.29 is 31.1 Å². The van der Waals surface area contributed by atoms with Gasteiger partial charge in [-0.2, -0.15) is 31.4 Å². The van der Waals surface area contributed by atoms with Crippen LogP contribution in [0.15, 0.2) is 90.6 Å². The second-order valence-corrected chi connectivity index (χ2v) is 12.7. The number of para-hydroxylation sites is 1. The van der Waals surface area contributed by atoms with Gasteiger partial charge in [0, 0.05) is 51.9 Å². The first-order valence-corrected chi connectivity index (χ1v) is 15.9. The highest BCUT2D eigenvalue weighted by Crippen LogP contribution is 2.53. The van der Waals surface area contributed by atoms with Crippen LogP contribution in [0, 0.1) is 33.6 Å². The van der Waals surface area contributed by atoms with E-state index in [2.05, 4.69) is 20.7 Å². The Bertz CT molecular complexity index is 2260. The number of aromatic nitrogens is 4. The van der Waals surface area contributed by atoms with E-state index in [4.69, 9.17) is 4.74 Å². The van der Waals surface area contributed by atoms with Crippen LogP contribution >= 0.6 is 0 Å². The van der Waals surface area contributed by atoms with Crippen LogP contribution in [0.3, 0.4) is 0 Å². The van der Waals surface area contributed by atoms with Crippen LogP contribution in [-0.4, -0.2) is 31.7 Å². The van der Waals surface area contributed by atoms with E-state index in [1.165, 1.54) is 18.5 Å². The van der Waals surface area contributed by atoms with Gasteiger partial charge < -0.3 is 4.74 Å². The van der Waals surface area contributed by atoms with Crippen molar-refractivity contribution in [3.8, 4) is 23.0 Å². The average Bonchev–Trinajstić information content (AvgIpc) is 3.52. The van der Waals surface area contributed by atoms with E-state index in [1.807, 2.05) is 68.4 Å². The Hall–Kier alpha value is -5.06. The van der Waals surface area contributed by atoms with Gasteiger partial charge in [-0.1, -0.05) is 24.3 Å². The summed E-state index contributed by atoms with van der Waals surface area (Å²) in [5.41, 5.74) is 3.24. The third kappa shape index (κ3) is 5.85. The lowest BCUT2D eigenvalue weighted by Gasteiger charge is -2.35. The first kappa shape index (κ1) is 32.5. The molecule has 1 aliphatic rings. The van der Waals surface area contributed by atoms with Crippen LogP contribution in [0.5, 0.6) is 11.5 Å². The molecule has 1 aliphatic carbocycles. The van der Waals surface area contributed by atoms with E-state index >= 15 is 0 Å². The van der Waals surface area contributed by atoms with Crippen molar-refractivity contribution in [1.82, 2.24) is 19.3 Å². The van der Waals surface area contributed by atoms with Crippen molar-refractivity contribution in [3.05, 3.63) is 119 Å². The molecule has 5 nitrogen and oxygen atoms in total. The van der Waals surface area contributed by atoms with E-state index < -0.39 is 36.2 Å². The number of ether oxygens (including phenoxy) is 1. The molecule has 6 aromatic rings. The molecule has 3 aromatic carbocycles. The van der Waals surface area contributed by atoms with Gasteiger partial charge in [0.05, 0.1) is 28.3 Å². The number of pyridine rings is 1. The number of rotatable bonds is 5. The summed E-state index contributed by atoms with van der Waals surface area (Å²) in [5, 5.41) is 6.55. The minimum absolute atomic E-state index is 0.0578. The summed E-state index contributed by atoms with van der Waals surface area (Å²) in [6, 6.07) is 23.0. The molecule has 252 valence electrons. The van der Waals surface area contributed by atoms with E-state index in [0.717, 1.165) is 44.8 Å². The van der Waals surface area contributed by atoms with Crippen molar-refractivity contribution in [3.63, 3.8) is 0 Å². The molecule has 0 saturated carbocycles. The summed E-state index contributed by atoms with van der Waals surface area (Å²) < 4.78 is 94.9. The molecule has 3 aromatic heterocycles. The first-order valence-electron chi connectivity index (χ1n) is 15.9. The van der Waals surface area contributed by atoms with Crippen LogP contribution in [0.2, 0.25) is 0 Å². The van der Waals surface area contributed by atoms with Gasteiger partial charge in [0.1, 0.15) is 17.3 Å². The van der Waals surface area contributed by atoms with Crippen LogP contribution in [0.4, 0.5) is 26.3 Å². The number of halogens is 6. The van der Waals surface area contributed by atoms with Crippen LogP contribution in [0.1, 0.15) is 46.8 Å². The summed E-state index contributed by atoms with van der Waals surface area (Å²) in [6.45, 7) is 6.81. The Morgan fingerprint density at radius 3 is 2.27 bits per heavy atom. The molecule has 0 bridgehead atoms. The molecule has 7 rings (SSSR count). The number of hydrogen-bond acceptors (Lipinski definition) is 3. The lowest BCUT2D eigenvalue weighted by molar-refractivity contribution is -0.187. The molecule has 0 amide bonds. The number of alkyl halides is 6. The molecule has 1 unspecified atom stereocenters. The number of fused-ring (bicyclic) bond motifs is 3. The fourth-order valence-electron chi connectivity index (χ4n) is 7.24. The normalized spacial score (nSPS) is 17.1. The highest BCUT2D eigenvalue weighted by molar-refractivity contribution is 6.09. The molecule has 0 radical (unpaired) electrons. The zero-order chi connectivity index (χ0) is 34.8. The number of hydrogen-bond donors (Lipinski definition) is 0. The molecule has 0 N–H and O–H groups in total. The van der Waals surface area contributed by atoms with Crippen molar-refractivity contribution in [2.75, 3.05) is 0 Å². The van der Waals surface area contributed by atoms with Crippen molar-refractivity contribution in [1.29, 1.82) is 0 Å². The molecule has 3 heterocycles. The monoisotopic (exact) mass is 674 g/mol. The maximum Gasteiger partial charge on any atom is 0.412 e. The number of aryl methyl sites for hydroxylation is 3. The predicted octanol–water partition coefficient (Wildman–Crippen LogP) is 10.9. The SMILES string of the molecule is Cc1cc(Oc2ccc3c4ccccc4n(-c4cc(C)ccn4)c3c2)cc(-n2nc(C)c(C3C(C(F)(F)F)=CCC[C@@H]3C(F)(F)F)c2C)c1. The Morgan fingerprint density at radius 1 is 0.776 bits per heavy atom. The first-order chi connectivity index (χ1) is 23.2. The fraction of sp³-hybridized carbons (Fsp3) is 0.263. The fourth-order valence-corrected chi connectivity index (χ4v) is 7.24. The Kier molecular flexibility index (Phi) is 7.84. The zero-order valence-corrected chi connectivity index (χ0v) is 27.1. The Morgan fingerprint density at radius 2 is 1.53 bits per heavy atom. The molecule has 0 saturated heterocycles. The van der Waals surface area contributed by atoms with E-state index in [1.54, 1.807) is 18.3 Å². The minimum Gasteiger partial charge on any atom is -0.457 e. The van der Waals surface area contributed by atoms with E-state index in [0.29, 0.717) is 17.2 Å². The molecule has 49 heavy (non-hydrogen) atoms. The summed E-state index contributed by atoms with van der Waals surface area (Å²) >= 11 is 0. The maximum atomic E-state index is 14.2. The smallest absolute Gasteiger partial charge is 0.412 e. The van der Waals surface area contributed by atoms with E-state index in [9.17, 15) is 26.3 Å². The lowest BCUT2D eigenvalue weighted by atomic mass is 9.73. The predicted molar refractivity (Wildman–Crippen MR) is 177 cm³/mol. The molecule has 0 aliphatic heterocycles. The quantitative estimate of drug-likeness (QED) is 0.135. The van der Waals surface area contributed by atoms with Gasteiger partial charge in [-0.25, -0.2) is 9.67 Å². The summed E-state index contributed by atoms with van der Waals surface area (Å²) in [7, 11) is 0. The molecule has 0 spiro atoms. The van der Waals surface area contributed by atoms with Gasteiger partial charge in [0.25, 0.3) is 0 Å². The summed E-state index contributed by atoms with van der Waals surface area (Å²) in [4.78, 5) is 4.62. The second kappa shape index (κ2) is 11.8. The molecule has 2 atom stereocenters. The molecule has 0 fully saturated rings. The van der Waals surface area contributed by atoms with Gasteiger partial charge in [0.2, 0.25) is 0 Å². The van der Waals surface area contributed by atoms with Crippen molar-refractivity contribution in [2.24, 2.45) is 5.92 Å². The topological polar surface area (TPSA) is 44.9 Å². The standard InChI is InChI=1S/C38H32F6N4O/c1-21-14-15-45-34(18-21)47-32-11-6-5-8-28(32)29-13-12-26(20-33(29)47)49-27-17-22(2)16-25(19-27)48-24(4)35(23(3)46-48)36-30(37(39,40)41)9-7-10-31(36)38(42,43)44/h5-6,8-9,11-20,31,36H,7,10H2,1-4H3/t31-,36?/m0/s1. The molecule has 11 heteroatoms. The second-order valence-electron chi connectivity index (χ2n) is 12.7. The number of benzene rings is 3. The third-order valence-electron chi connectivity index (χ3n) is 9.28. The molecular weight excluding hydrogens is 642 g/mol. The van der Waals surface area contributed by atoms with E-state index in [-0.39, 0.29) is 23.4 Å². The average molecular weight is 675 g/mol. The van der Waals surface area contributed by atoms with Gasteiger partial charge in [0.15, 0.2) is 0 Å². The largest absolute Gasteiger partial charge is 0.457 e. The van der Waals surface area contributed by atoms with Gasteiger partial charge in [-0.05, 0) is 94.1 Å². The van der Waals surface area contributed by atoms with Crippen LogP contribution < -0.4 is 4.74 Å². The maximum absolute atomic E-state index is 14.2. The van der Waals surface area contributed by atoms with Crippen molar-refractivity contribution >= 4 is 21.8 Å². The zero-order valence-electron chi connectivity index (χ0n) is 27.1. The van der Waals surface area contributed by atoms with Gasteiger partial charge in [-0.15, -0.1) is 0 Å². The number of nitrogens with zero attached hydrogens (tertiary/aromatic N) is 4. The van der Waals surface area contributed by atoms with Crippen LogP contribution in [0.25, 0.3) is 33.3 Å². The Balaban J connectivity index is 1.30. The summed E-state index contributed by atoms with van der Waals surface area (Å²) in [5.74, 6) is -2.37. The summed E-state index contributed by atoms with van der Waals surface area (Å²) in [6.07, 6.45) is -7.79. The van der Waals surface area contributed by atoms with Crippen molar-refractivity contribution in [2.45, 2.75) is 58.8 Å². The van der Waals surface area contributed by atoms with Gasteiger partial charge >= 0.3 is 12.4 Å². The highest BCUT2D eigenvalue weighted by Gasteiger charge is 2.54. The molecular formula is C38H32F6N4O. The van der Waals surface area contributed by atoms with Gasteiger partial charge in [-0.3, -0.25) is 4.57 Å². The third-order valence-corrected chi connectivity index (χ3v) is 9.28. The number of allylic oxidation sites excluding steroid dienone is 2. The Labute approximate surface area is 278 Å². The highest BCUT2D eigenvalue weighted by atomic mass is 19.4.